The van der Waals surface area contributed by atoms with Crippen molar-refractivity contribution in [2.75, 3.05) is 0 Å². The maximum absolute atomic E-state index is 7.14. The van der Waals surface area contributed by atoms with Crippen LogP contribution < -0.4 is 0 Å². The Morgan fingerprint density at radius 1 is 0.223 bits per heavy atom. The number of aromatic nitrogens is 2. The summed E-state index contributed by atoms with van der Waals surface area (Å²) < 4.78 is 12.3. The van der Waals surface area contributed by atoms with Gasteiger partial charge in [-0.15, -0.1) is 0 Å². The maximum Gasteiger partial charge on any atom is 0.137 e. The van der Waals surface area contributed by atoms with Crippen LogP contribution in [-0.4, -0.2) is 9.13 Å². The standard InChI is InChI=1S/C98H56N2OS2/c1-2-21-60-49-61(38-37-57(60)19-1)58-39-43-63(44-40-58)99-88-56-86-94(103-92-36-18-16-34-84(92)98(86)81-31-13-9-26-69(81)70-27-10-14-32-82(70)98)54-76(88)78-52-74(66-23-5-6-28-72(66)96(78)99)62-42-48-89-77(50-62)71-47-45-64(51-90(71)101-89)100-87-55-85-93(53-75(87)73-46-41-59-20-3-4-22-65(59)95(73)100)102-91-35-17-15-33-83(91)97(85)79-29-11-7-24-67(79)68-25-8-12-30-80(68)97/h1-56H. The Balaban J connectivity index is 0.714. The zero-order valence-electron chi connectivity index (χ0n) is 55.5. The van der Waals surface area contributed by atoms with Crippen LogP contribution in [0.25, 0.3) is 154 Å². The fourth-order valence-corrected chi connectivity index (χ4v) is 21.8. The van der Waals surface area contributed by atoms with E-state index in [0.29, 0.717) is 0 Å². The molecule has 0 bridgehead atoms. The van der Waals surface area contributed by atoms with Crippen molar-refractivity contribution < 1.29 is 4.42 Å². The highest BCUT2D eigenvalue weighted by Crippen LogP contribution is 2.65. The maximum atomic E-state index is 7.14. The van der Waals surface area contributed by atoms with Crippen molar-refractivity contribution in [3.05, 3.63) is 384 Å². The predicted octanol–water partition coefficient (Wildman–Crippen LogP) is 26.2. The second-order valence-electron chi connectivity index (χ2n) is 28.4. The molecule has 3 aromatic heterocycles. The number of benzene rings is 17. The zero-order chi connectivity index (χ0) is 67.0. The molecule has 2 spiro atoms. The quantitative estimate of drug-likeness (QED) is 0.175. The normalized spacial score (nSPS) is 14.1. The molecule has 20 aromatic rings. The molecule has 476 valence electrons. The summed E-state index contributed by atoms with van der Waals surface area (Å²) in [6, 6.07) is 129. The molecule has 5 heteroatoms. The summed E-state index contributed by atoms with van der Waals surface area (Å²) in [5, 5.41) is 14.3. The second-order valence-corrected chi connectivity index (χ2v) is 30.6. The SMILES string of the molecule is c1ccc2c(c1)Sc1cc3c4ccc5ccccc5c4n(-c4ccc5c(c4)oc4ccc(-c6cc7c8cc9c(cc8n(-c8ccc(-c%10ccc%11ccccc%11c%10)cc8)c7c7ccccc67)C6(c7ccccc7S9)c7ccccc7-c7ccccc76)cc45)c3cc1C21c2ccccc2-c2ccccc21. The van der Waals surface area contributed by atoms with Gasteiger partial charge in [-0.1, -0.05) is 272 Å². The van der Waals surface area contributed by atoms with Gasteiger partial charge in [0.25, 0.3) is 0 Å². The van der Waals surface area contributed by atoms with Gasteiger partial charge >= 0.3 is 0 Å². The largest absolute Gasteiger partial charge is 0.456 e. The summed E-state index contributed by atoms with van der Waals surface area (Å²) in [6.07, 6.45) is 0. The van der Waals surface area contributed by atoms with Crippen molar-refractivity contribution in [1.29, 1.82) is 0 Å². The minimum absolute atomic E-state index is 0.522. The van der Waals surface area contributed by atoms with Crippen LogP contribution >= 0.6 is 23.5 Å². The van der Waals surface area contributed by atoms with E-state index in [9.17, 15) is 0 Å². The van der Waals surface area contributed by atoms with Gasteiger partial charge in [0.05, 0.1) is 32.9 Å². The van der Waals surface area contributed by atoms with Crippen LogP contribution in [0.1, 0.15) is 44.5 Å². The van der Waals surface area contributed by atoms with Crippen molar-refractivity contribution in [2.45, 2.75) is 30.4 Å². The Morgan fingerprint density at radius 3 is 1.31 bits per heavy atom. The Labute approximate surface area is 601 Å². The van der Waals surface area contributed by atoms with E-state index >= 15 is 0 Å². The molecule has 5 heterocycles. The van der Waals surface area contributed by atoms with Crippen molar-refractivity contribution in [2.24, 2.45) is 0 Å². The Kier molecular flexibility index (Phi) is 11.3. The Bertz CT molecular complexity index is 7110. The van der Waals surface area contributed by atoms with Crippen molar-refractivity contribution >= 4 is 121 Å². The van der Waals surface area contributed by atoms with Crippen LogP contribution in [0.2, 0.25) is 0 Å². The van der Waals surface area contributed by atoms with E-state index in [1.807, 2.05) is 23.5 Å². The second kappa shape index (κ2) is 20.6. The molecule has 17 aromatic carbocycles. The molecule has 103 heavy (non-hydrogen) atoms. The van der Waals surface area contributed by atoms with Crippen LogP contribution in [-0.2, 0) is 10.8 Å². The first-order valence-corrected chi connectivity index (χ1v) is 37.2. The van der Waals surface area contributed by atoms with Gasteiger partial charge in [-0.05, 0) is 195 Å². The van der Waals surface area contributed by atoms with Gasteiger partial charge < -0.3 is 13.6 Å². The van der Waals surface area contributed by atoms with Gasteiger partial charge in [-0.3, -0.25) is 0 Å². The molecule has 0 unspecified atom stereocenters. The van der Waals surface area contributed by atoms with Gasteiger partial charge in [0.2, 0.25) is 0 Å². The van der Waals surface area contributed by atoms with Crippen LogP contribution in [0, 0.1) is 0 Å². The number of fused-ring (bicyclic) bond motifs is 32. The molecule has 24 rings (SSSR count). The summed E-state index contributed by atoms with van der Waals surface area (Å²) in [5.74, 6) is 0. The summed E-state index contributed by atoms with van der Waals surface area (Å²) in [5.41, 5.74) is 28.1. The number of hydrogen-bond acceptors (Lipinski definition) is 3. The molecule has 0 saturated heterocycles. The Morgan fingerprint density at radius 2 is 0.680 bits per heavy atom. The van der Waals surface area contributed by atoms with Crippen LogP contribution in [0.5, 0.6) is 0 Å². The van der Waals surface area contributed by atoms with Gasteiger partial charge in [-0.25, -0.2) is 0 Å². The van der Waals surface area contributed by atoms with E-state index in [-0.39, 0.29) is 0 Å². The van der Waals surface area contributed by atoms with E-state index in [0.717, 1.165) is 38.9 Å². The van der Waals surface area contributed by atoms with E-state index in [1.54, 1.807) is 0 Å². The van der Waals surface area contributed by atoms with Gasteiger partial charge in [0, 0.05) is 80.1 Å². The lowest BCUT2D eigenvalue weighted by Crippen LogP contribution is -2.32. The topological polar surface area (TPSA) is 23.0 Å². The van der Waals surface area contributed by atoms with Crippen LogP contribution in [0.4, 0.5) is 0 Å². The first-order valence-electron chi connectivity index (χ1n) is 35.6. The average Bonchev–Trinajstić information content (AvgIpc) is 1.54. The molecule has 0 saturated carbocycles. The molecule has 0 fully saturated rings. The highest BCUT2D eigenvalue weighted by molar-refractivity contribution is 7.99. The van der Waals surface area contributed by atoms with Crippen LogP contribution in [0.3, 0.4) is 0 Å². The lowest BCUT2D eigenvalue weighted by Gasteiger charge is -2.39. The van der Waals surface area contributed by atoms with E-state index in [4.69, 9.17) is 4.42 Å². The highest BCUT2D eigenvalue weighted by atomic mass is 32.2. The van der Waals surface area contributed by atoms with Gasteiger partial charge in [-0.2, -0.15) is 0 Å². The van der Waals surface area contributed by atoms with Gasteiger partial charge in [0.1, 0.15) is 11.2 Å². The third-order valence-electron chi connectivity index (χ3n) is 23.6. The molecule has 2 aliphatic carbocycles. The first-order chi connectivity index (χ1) is 51.0. The molecule has 0 radical (unpaired) electrons. The van der Waals surface area contributed by atoms with E-state index < -0.39 is 10.8 Å². The molecular weight excluding hydrogens is 1290 g/mol. The minimum Gasteiger partial charge on any atom is -0.456 e. The van der Waals surface area contributed by atoms with Crippen LogP contribution in [0.15, 0.2) is 364 Å². The van der Waals surface area contributed by atoms with Crippen molar-refractivity contribution in [1.82, 2.24) is 9.13 Å². The van der Waals surface area contributed by atoms with E-state index in [2.05, 4.69) is 349 Å². The molecular formula is C98H56N2OS2. The number of furan rings is 1. The monoisotopic (exact) mass is 1340 g/mol. The molecule has 3 nitrogen and oxygen atoms in total. The van der Waals surface area contributed by atoms with Crippen molar-refractivity contribution in [3.63, 3.8) is 0 Å². The molecule has 2 aliphatic heterocycles. The third kappa shape index (κ3) is 7.41. The number of hydrogen-bond donors (Lipinski definition) is 0. The summed E-state index contributed by atoms with van der Waals surface area (Å²) in [7, 11) is 0. The highest BCUT2D eigenvalue weighted by Gasteiger charge is 2.52. The number of nitrogens with zero attached hydrogens (tertiary/aromatic N) is 2. The summed E-state index contributed by atoms with van der Waals surface area (Å²) in [6.45, 7) is 0. The smallest absolute Gasteiger partial charge is 0.137 e. The molecule has 0 amide bonds. The zero-order valence-corrected chi connectivity index (χ0v) is 57.1. The minimum atomic E-state index is -0.542. The number of rotatable bonds is 4. The molecule has 0 N–H and O–H groups in total. The Hall–Kier alpha value is -12.4. The lowest BCUT2D eigenvalue weighted by molar-refractivity contribution is 0.668. The summed E-state index contributed by atoms with van der Waals surface area (Å²) >= 11 is 3.82. The summed E-state index contributed by atoms with van der Waals surface area (Å²) in [4.78, 5) is 5.14. The molecule has 0 atom stereocenters. The third-order valence-corrected chi connectivity index (χ3v) is 25.9. The fourth-order valence-electron chi connectivity index (χ4n) is 19.4. The average molecular weight is 1340 g/mol. The lowest BCUT2D eigenvalue weighted by atomic mass is 9.67. The fraction of sp³-hybridized carbons (Fsp3) is 0.0204. The molecule has 4 aliphatic rings. The first kappa shape index (κ1) is 56.4. The van der Waals surface area contributed by atoms with E-state index in [1.165, 1.54) is 179 Å². The van der Waals surface area contributed by atoms with Gasteiger partial charge in [0.15, 0.2) is 0 Å². The predicted molar refractivity (Wildman–Crippen MR) is 429 cm³/mol. The van der Waals surface area contributed by atoms with Crippen molar-refractivity contribution in [3.8, 4) is 55.9 Å².